The minimum atomic E-state index is 0.0193. The van der Waals surface area contributed by atoms with Crippen LogP contribution in [0.5, 0.6) is 0 Å². The third kappa shape index (κ3) is 6.09. The molecule has 0 aliphatic carbocycles. The van der Waals surface area contributed by atoms with Gasteiger partial charge in [0.1, 0.15) is 0 Å². The van der Waals surface area contributed by atoms with Crippen molar-refractivity contribution in [3.8, 4) is 0 Å². The quantitative estimate of drug-likeness (QED) is 0.774. The van der Waals surface area contributed by atoms with Crippen molar-refractivity contribution < 1.29 is 4.79 Å². The van der Waals surface area contributed by atoms with Crippen LogP contribution in [0.25, 0.3) is 0 Å². The van der Waals surface area contributed by atoms with E-state index < -0.39 is 0 Å². The lowest BCUT2D eigenvalue weighted by Crippen LogP contribution is -2.42. The minimum Gasteiger partial charge on any atom is -0.354 e. The number of carbonyl (C=O) groups is 1. The lowest BCUT2D eigenvalue weighted by atomic mass is 9.70. The number of amides is 1. The molecule has 0 fully saturated rings. The highest BCUT2D eigenvalue weighted by Gasteiger charge is 2.35. The van der Waals surface area contributed by atoms with E-state index in [-0.39, 0.29) is 28.7 Å². The fraction of sp³-hybridized carbons (Fsp3) is 0.933. The Balaban J connectivity index is 4.85. The molecule has 17 heavy (non-hydrogen) atoms. The largest absolute Gasteiger partial charge is 0.354 e. The Kier molecular flexibility index (Phi) is 5.70. The monoisotopic (exact) mass is 241 g/mol. The van der Waals surface area contributed by atoms with Crippen molar-refractivity contribution >= 4 is 5.91 Å². The Bertz CT molecular complexity index is 248. The van der Waals surface area contributed by atoms with Gasteiger partial charge in [0.2, 0.25) is 5.91 Å². The average molecular weight is 241 g/mol. The highest BCUT2D eigenvalue weighted by Crippen LogP contribution is 2.38. The molecule has 0 aromatic heterocycles. The van der Waals surface area contributed by atoms with Crippen molar-refractivity contribution in [2.24, 2.45) is 16.7 Å². The summed E-state index contributed by atoms with van der Waals surface area (Å²) in [6.45, 7) is 17.2. The van der Waals surface area contributed by atoms with E-state index in [2.05, 4.69) is 46.9 Å². The van der Waals surface area contributed by atoms with E-state index in [1.54, 1.807) is 0 Å². The molecule has 0 heterocycles. The molecule has 0 aromatic rings. The predicted octanol–water partition coefficient (Wildman–Crippen LogP) is 4.00. The van der Waals surface area contributed by atoms with Crippen LogP contribution in [0.4, 0.5) is 0 Å². The Labute approximate surface area is 108 Å². The van der Waals surface area contributed by atoms with Gasteiger partial charge < -0.3 is 5.32 Å². The molecule has 1 unspecified atom stereocenters. The van der Waals surface area contributed by atoms with E-state index in [4.69, 9.17) is 0 Å². The summed E-state index contributed by atoms with van der Waals surface area (Å²) in [6, 6.07) is 0.220. The average Bonchev–Trinajstić information content (AvgIpc) is 2.11. The van der Waals surface area contributed by atoms with Crippen molar-refractivity contribution in [1.82, 2.24) is 5.32 Å². The van der Waals surface area contributed by atoms with Crippen molar-refractivity contribution in [2.45, 2.75) is 74.3 Å². The Morgan fingerprint density at radius 2 is 1.59 bits per heavy atom. The highest BCUT2D eigenvalue weighted by atomic mass is 16.2. The first-order chi connectivity index (χ1) is 7.49. The maximum Gasteiger partial charge on any atom is 0.223 e. The van der Waals surface area contributed by atoms with Gasteiger partial charge >= 0.3 is 0 Å². The van der Waals surface area contributed by atoms with Gasteiger partial charge in [0.25, 0.3) is 0 Å². The normalized spacial score (nSPS) is 14.9. The second-order valence-electron chi connectivity index (χ2n) is 7.30. The zero-order valence-electron chi connectivity index (χ0n) is 13.0. The summed E-state index contributed by atoms with van der Waals surface area (Å²) < 4.78 is 0. The summed E-state index contributed by atoms with van der Waals surface area (Å²) in [5.41, 5.74) is 0.248. The smallest absolute Gasteiger partial charge is 0.223 e. The van der Waals surface area contributed by atoms with Crippen LogP contribution in [-0.2, 0) is 4.79 Å². The maximum atomic E-state index is 12.3. The van der Waals surface area contributed by atoms with E-state index in [1.807, 2.05) is 13.8 Å². The number of hydrogen-bond donors (Lipinski definition) is 1. The molecule has 0 saturated carbocycles. The number of hydrogen-bond acceptors (Lipinski definition) is 1. The molecular weight excluding hydrogens is 210 g/mol. The molecular formula is C15H31NO. The van der Waals surface area contributed by atoms with E-state index in [0.29, 0.717) is 0 Å². The second-order valence-corrected chi connectivity index (χ2v) is 7.30. The third-order valence-corrected chi connectivity index (χ3v) is 3.51. The van der Waals surface area contributed by atoms with Crippen LogP contribution in [0.3, 0.4) is 0 Å². The first-order valence-corrected chi connectivity index (χ1v) is 6.80. The molecule has 1 amide bonds. The minimum absolute atomic E-state index is 0.0193. The van der Waals surface area contributed by atoms with Gasteiger partial charge in [0, 0.05) is 12.0 Å². The van der Waals surface area contributed by atoms with E-state index in [0.717, 1.165) is 12.8 Å². The van der Waals surface area contributed by atoms with Crippen LogP contribution in [0.1, 0.15) is 68.2 Å². The van der Waals surface area contributed by atoms with Crippen molar-refractivity contribution in [2.75, 3.05) is 0 Å². The highest BCUT2D eigenvalue weighted by molar-refractivity contribution is 5.79. The zero-order chi connectivity index (χ0) is 13.9. The van der Waals surface area contributed by atoms with Crippen molar-refractivity contribution in [1.29, 1.82) is 0 Å². The summed E-state index contributed by atoms with van der Waals surface area (Å²) in [5, 5.41) is 3.06. The van der Waals surface area contributed by atoms with Crippen molar-refractivity contribution in [3.63, 3.8) is 0 Å². The van der Waals surface area contributed by atoms with Crippen LogP contribution >= 0.6 is 0 Å². The fourth-order valence-corrected chi connectivity index (χ4v) is 1.87. The van der Waals surface area contributed by atoms with Crippen LogP contribution in [-0.4, -0.2) is 11.9 Å². The van der Waals surface area contributed by atoms with Gasteiger partial charge in [-0.3, -0.25) is 4.79 Å². The Morgan fingerprint density at radius 3 is 1.88 bits per heavy atom. The first kappa shape index (κ1) is 16.5. The molecule has 0 saturated heterocycles. The second kappa shape index (κ2) is 5.88. The Hall–Kier alpha value is -0.530. The number of carbonyl (C=O) groups excluding carboxylic acids is 1. The zero-order valence-corrected chi connectivity index (χ0v) is 13.0. The summed E-state index contributed by atoms with van der Waals surface area (Å²) in [4.78, 5) is 12.3. The van der Waals surface area contributed by atoms with Gasteiger partial charge in [0.15, 0.2) is 0 Å². The van der Waals surface area contributed by atoms with E-state index >= 15 is 0 Å². The predicted molar refractivity (Wildman–Crippen MR) is 74.9 cm³/mol. The van der Waals surface area contributed by atoms with Gasteiger partial charge in [-0.25, -0.2) is 0 Å². The van der Waals surface area contributed by atoms with Gasteiger partial charge in [-0.2, -0.15) is 0 Å². The maximum absolute atomic E-state index is 12.3. The summed E-state index contributed by atoms with van der Waals surface area (Å²) in [5.74, 6) is 0.286. The summed E-state index contributed by atoms with van der Waals surface area (Å²) in [6.07, 6.45) is 2.06. The van der Waals surface area contributed by atoms with Crippen LogP contribution in [0, 0.1) is 16.7 Å². The molecule has 1 N–H and O–H groups in total. The van der Waals surface area contributed by atoms with E-state index in [9.17, 15) is 4.79 Å². The fourth-order valence-electron chi connectivity index (χ4n) is 1.87. The summed E-state index contributed by atoms with van der Waals surface area (Å²) in [7, 11) is 0. The lowest BCUT2D eigenvalue weighted by molar-refractivity contribution is -0.130. The molecule has 0 rings (SSSR count). The topological polar surface area (TPSA) is 29.1 Å². The summed E-state index contributed by atoms with van der Waals surface area (Å²) >= 11 is 0. The molecule has 2 heteroatoms. The van der Waals surface area contributed by atoms with Gasteiger partial charge in [-0.1, -0.05) is 48.0 Å². The SMILES string of the molecule is CCC(C)(C)CC(C(=O)NC(C)C)C(C)(C)C. The van der Waals surface area contributed by atoms with E-state index in [1.165, 1.54) is 0 Å². The molecule has 0 spiro atoms. The van der Waals surface area contributed by atoms with Gasteiger partial charge in [-0.15, -0.1) is 0 Å². The van der Waals surface area contributed by atoms with Gasteiger partial charge in [-0.05, 0) is 31.1 Å². The molecule has 0 aromatic carbocycles. The molecule has 102 valence electrons. The molecule has 1 atom stereocenters. The molecule has 0 bridgehead atoms. The number of rotatable bonds is 5. The van der Waals surface area contributed by atoms with Crippen LogP contribution < -0.4 is 5.32 Å². The number of nitrogens with one attached hydrogen (secondary N) is 1. The Morgan fingerprint density at radius 1 is 1.12 bits per heavy atom. The van der Waals surface area contributed by atoms with Crippen LogP contribution in [0.15, 0.2) is 0 Å². The molecule has 2 nitrogen and oxygen atoms in total. The van der Waals surface area contributed by atoms with Crippen molar-refractivity contribution in [3.05, 3.63) is 0 Å². The molecule has 0 aliphatic rings. The van der Waals surface area contributed by atoms with Gasteiger partial charge in [0.05, 0.1) is 0 Å². The first-order valence-electron chi connectivity index (χ1n) is 6.80. The lowest BCUT2D eigenvalue weighted by Gasteiger charge is -2.36. The third-order valence-electron chi connectivity index (χ3n) is 3.51. The molecule has 0 radical (unpaired) electrons. The standard InChI is InChI=1S/C15H31NO/c1-9-15(7,8)10-12(14(4,5)6)13(17)16-11(2)3/h11-12H,9-10H2,1-8H3,(H,16,17). The molecule has 0 aliphatic heterocycles. The van der Waals surface area contributed by atoms with Crippen LogP contribution in [0.2, 0.25) is 0 Å².